The Balaban J connectivity index is 1.19. The minimum Gasteiger partial charge on any atom is -0.493 e. The van der Waals surface area contributed by atoms with E-state index in [1.54, 1.807) is 13.2 Å². The SMILES string of the molecule is CN/N=C(\C=N)c1ccc(CNc2cc(-c3cnc4cc(OCC5CCN(CC(F)F)CC5)ccn34)ncn2)cc1. The molecule has 0 saturated carbocycles. The smallest absolute Gasteiger partial charge is 0.251 e. The maximum absolute atomic E-state index is 12.6. The molecular weight excluding hydrogens is 528 g/mol. The van der Waals surface area contributed by atoms with Gasteiger partial charge in [-0.15, -0.1) is 0 Å². The molecule has 1 aliphatic heterocycles. The van der Waals surface area contributed by atoms with Gasteiger partial charge in [0.15, 0.2) is 0 Å². The molecule has 214 valence electrons. The summed E-state index contributed by atoms with van der Waals surface area (Å²) in [5.41, 5.74) is 7.49. The molecule has 0 amide bonds. The molecule has 12 heteroatoms. The number of halogens is 2. The molecule has 1 aliphatic rings. The third-order valence-corrected chi connectivity index (χ3v) is 7.10. The summed E-state index contributed by atoms with van der Waals surface area (Å²) in [4.78, 5) is 15.2. The minimum absolute atomic E-state index is 0.148. The summed E-state index contributed by atoms with van der Waals surface area (Å²) < 4.78 is 33.2. The van der Waals surface area contributed by atoms with Crippen LogP contribution in [0.4, 0.5) is 14.6 Å². The highest BCUT2D eigenvalue weighted by atomic mass is 19.3. The van der Waals surface area contributed by atoms with Crippen molar-refractivity contribution in [3.05, 3.63) is 72.3 Å². The van der Waals surface area contributed by atoms with Crippen LogP contribution in [0.3, 0.4) is 0 Å². The van der Waals surface area contributed by atoms with Crippen LogP contribution in [-0.2, 0) is 6.54 Å². The number of nitrogens with one attached hydrogen (secondary N) is 3. The Kier molecular flexibility index (Phi) is 9.09. The van der Waals surface area contributed by atoms with Crippen LogP contribution >= 0.6 is 0 Å². The van der Waals surface area contributed by atoms with Gasteiger partial charge in [0.05, 0.1) is 30.7 Å². The van der Waals surface area contributed by atoms with Crippen LogP contribution in [0, 0.1) is 11.3 Å². The molecule has 1 fully saturated rings. The number of alkyl halides is 2. The van der Waals surface area contributed by atoms with E-state index in [4.69, 9.17) is 10.1 Å². The summed E-state index contributed by atoms with van der Waals surface area (Å²) >= 11 is 0. The monoisotopic (exact) mass is 561 g/mol. The Labute approximate surface area is 237 Å². The van der Waals surface area contributed by atoms with E-state index in [0.717, 1.165) is 46.8 Å². The molecule has 0 aliphatic carbocycles. The van der Waals surface area contributed by atoms with Gasteiger partial charge in [-0.25, -0.2) is 23.7 Å². The molecule has 0 spiro atoms. The average molecular weight is 562 g/mol. The second-order valence-corrected chi connectivity index (χ2v) is 9.88. The molecule has 10 nitrogen and oxygen atoms in total. The zero-order valence-corrected chi connectivity index (χ0v) is 22.8. The highest BCUT2D eigenvalue weighted by Crippen LogP contribution is 2.25. The zero-order chi connectivity index (χ0) is 28.6. The van der Waals surface area contributed by atoms with Gasteiger partial charge in [-0.2, -0.15) is 5.10 Å². The van der Waals surface area contributed by atoms with Gasteiger partial charge < -0.3 is 20.9 Å². The van der Waals surface area contributed by atoms with E-state index in [1.807, 2.05) is 58.0 Å². The van der Waals surface area contributed by atoms with E-state index in [-0.39, 0.29) is 6.54 Å². The number of benzene rings is 1. The van der Waals surface area contributed by atoms with E-state index >= 15 is 0 Å². The first-order valence-electron chi connectivity index (χ1n) is 13.5. The minimum atomic E-state index is -2.28. The zero-order valence-electron chi connectivity index (χ0n) is 22.8. The second-order valence-electron chi connectivity index (χ2n) is 9.88. The number of aromatic nitrogens is 4. The van der Waals surface area contributed by atoms with Crippen molar-refractivity contribution in [1.29, 1.82) is 5.41 Å². The van der Waals surface area contributed by atoms with Gasteiger partial charge >= 0.3 is 0 Å². The van der Waals surface area contributed by atoms with Crippen LogP contribution in [0.5, 0.6) is 5.75 Å². The van der Waals surface area contributed by atoms with Gasteiger partial charge in [0.25, 0.3) is 6.43 Å². The topological polar surface area (TPSA) is 116 Å². The summed E-state index contributed by atoms with van der Waals surface area (Å²) in [6, 6.07) is 13.5. The summed E-state index contributed by atoms with van der Waals surface area (Å²) in [5.74, 6) is 1.77. The van der Waals surface area contributed by atoms with Crippen LogP contribution in [0.2, 0.25) is 0 Å². The van der Waals surface area contributed by atoms with E-state index in [1.165, 1.54) is 12.5 Å². The molecule has 3 aromatic heterocycles. The lowest BCUT2D eigenvalue weighted by atomic mass is 9.98. The Morgan fingerprint density at radius 1 is 1.15 bits per heavy atom. The molecule has 0 unspecified atom stereocenters. The number of piperidine rings is 1. The number of fused-ring (bicyclic) bond motifs is 1. The van der Waals surface area contributed by atoms with Gasteiger partial charge in [-0.05, 0) is 43.5 Å². The van der Waals surface area contributed by atoms with Crippen LogP contribution in [-0.4, -0.2) is 75.9 Å². The molecule has 1 aromatic carbocycles. The first kappa shape index (κ1) is 28.1. The highest BCUT2D eigenvalue weighted by molar-refractivity contribution is 6.37. The molecule has 0 radical (unpaired) electrons. The summed E-state index contributed by atoms with van der Waals surface area (Å²) in [6.45, 7) is 2.34. The van der Waals surface area contributed by atoms with Crippen molar-refractivity contribution in [2.24, 2.45) is 11.0 Å². The predicted molar refractivity (Wildman–Crippen MR) is 155 cm³/mol. The van der Waals surface area contributed by atoms with Crippen molar-refractivity contribution in [2.75, 3.05) is 38.6 Å². The van der Waals surface area contributed by atoms with Crippen molar-refractivity contribution < 1.29 is 13.5 Å². The number of pyridine rings is 1. The number of rotatable bonds is 12. The van der Waals surface area contributed by atoms with Crippen molar-refractivity contribution in [1.82, 2.24) is 29.7 Å². The predicted octanol–water partition coefficient (Wildman–Crippen LogP) is 4.33. The van der Waals surface area contributed by atoms with Crippen LogP contribution in [0.1, 0.15) is 24.0 Å². The van der Waals surface area contributed by atoms with Gasteiger partial charge in [0.1, 0.15) is 29.3 Å². The molecule has 5 rings (SSSR count). The summed E-state index contributed by atoms with van der Waals surface area (Å²) in [5, 5.41) is 14.9. The van der Waals surface area contributed by atoms with Crippen LogP contribution in [0.15, 0.2) is 66.3 Å². The Bertz CT molecular complexity index is 1480. The number of nitrogens with zero attached hydrogens (tertiary/aromatic N) is 6. The summed E-state index contributed by atoms with van der Waals surface area (Å²) in [7, 11) is 1.70. The lowest BCUT2D eigenvalue weighted by Crippen LogP contribution is -2.38. The maximum atomic E-state index is 12.6. The van der Waals surface area contributed by atoms with Gasteiger partial charge in [0.2, 0.25) is 0 Å². The molecule has 1 saturated heterocycles. The van der Waals surface area contributed by atoms with Crippen LogP contribution in [0.25, 0.3) is 17.0 Å². The van der Waals surface area contributed by atoms with Crippen molar-refractivity contribution >= 4 is 23.4 Å². The van der Waals surface area contributed by atoms with Crippen molar-refractivity contribution in [3.8, 4) is 17.1 Å². The lowest BCUT2D eigenvalue weighted by molar-refractivity contribution is 0.0620. The average Bonchev–Trinajstić information content (AvgIpc) is 3.42. The molecular formula is C29H33F2N9O. The fraction of sp³-hybridized carbons (Fsp3) is 0.345. The summed E-state index contributed by atoms with van der Waals surface area (Å²) in [6.07, 6.45) is 5.85. The second kappa shape index (κ2) is 13.3. The van der Waals surface area contributed by atoms with Crippen molar-refractivity contribution in [2.45, 2.75) is 25.8 Å². The number of hydrogen-bond donors (Lipinski definition) is 3. The molecule has 4 heterocycles. The van der Waals surface area contributed by atoms with Gasteiger partial charge in [-0.3, -0.25) is 9.30 Å². The molecule has 0 atom stereocenters. The Morgan fingerprint density at radius 2 is 1.95 bits per heavy atom. The molecule has 0 bridgehead atoms. The number of anilines is 1. The fourth-order valence-electron chi connectivity index (χ4n) is 4.87. The van der Waals surface area contributed by atoms with E-state index < -0.39 is 6.43 Å². The lowest BCUT2D eigenvalue weighted by Gasteiger charge is -2.31. The highest BCUT2D eigenvalue weighted by Gasteiger charge is 2.22. The van der Waals surface area contributed by atoms with Gasteiger partial charge in [0, 0.05) is 43.7 Å². The number of ether oxygens (including phenoxy) is 1. The standard InChI is InChI=1S/C29H33F2N9O/c1-33-38-25(14-32)22-4-2-20(3-5-22)15-34-28-13-24(36-19-37-28)26-16-35-29-12-23(8-11-40(26)29)41-18-21-6-9-39(10-7-21)17-27(30)31/h2-5,8,11-14,16,19,21,27,32-33H,6-7,9-10,15,17-18H2,1H3,(H,34,36,37)/b32-14?,38-25+. The van der Waals surface area contributed by atoms with E-state index in [9.17, 15) is 8.78 Å². The molecule has 41 heavy (non-hydrogen) atoms. The first-order chi connectivity index (χ1) is 20.0. The third kappa shape index (κ3) is 7.20. The molecule has 4 aromatic rings. The van der Waals surface area contributed by atoms with Gasteiger partial charge in [-0.1, -0.05) is 24.3 Å². The number of likely N-dealkylation sites (tertiary alicyclic amines) is 1. The third-order valence-electron chi connectivity index (χ3n) is 7.10. The normalized spacial score (nSPS) is 14.9. The van der Waals surface area contributed by atoms with E-state index in [2.05, 4.69) is 30.8 Å². The Hall–Kier alpha value is -4.45. The van der Waals surface area contributed by atoms with E-state index in [0.29, 0.717) is 43.7 Å². The quantitative estimate of drug-likeness (QED) is 0.174. The number of hydrazone groups is 1. The largest absolute Gasteiger partial charge is 0.493 e. The number of hydrogen-bond acceptors (Lipinski definition) is 9. The Morgan fingerprint density at radius 3 is 2.68 bits per heavy atom. The maximum Gasteiger partial charge on any atom is 0.251 e. The fourth-order valence-corrected chi connectivity index (χ4v) is 4.87. The first-order valence-corrected chi connectivity index (χ1v) is 13.5. The molecule has 3 N–H and O–H groups in total. The van der Waals surface area contributed by atoms with Crippen molar-refractivity contribution in [3.63, 3.8) is 0 Å². The van der Waals surface area contributed by atoms with Crippen LogP contribution < -0.4 is 15.5 Å². The number of imidazole rings is 1.